The first-order valence-electron chi connectivity index (χ1n) is 4.76. The van der Waals surface area contributed by atoms with Crippen LogP contribution < -0.4 is 5.73 Å². The molecule has 2 atom stereocenters. The summed E-state index contributed by atoms with van der Waals surface area (Å²) in [5.41, 5.74) is 7.39. The Kier molecular flexibility index (Phi) is 3.61. The van der Waals surface area contributed by atoms with Crippen molar-refractivity contribution in [3.8, 4) is 0 Å². The fraction of sp³-hybridized carbons (Fsp3) is 0.455. The molecule has 3 heteroatoms. The number of aliphatic hydroxyl groups excluding tert-OH is 1. The third-order valence-electron chi connectivity index (χ3n) is 2.43. The number of halogens is 1. The Morgan fingerprint density at radius 2 is 2.14 bits per heavy atom. The average Bonchev–Trinajstić information content (AvgIpc) is 2.19. The lowest BCUT2D eigenvalue weighted by Crippen LogP contribution is -2.26. The van der Waals surface area contributed by atoms with E-state index in [2.05, 4.69) is 0 Å². The normalized spacial score (nSPS) is 15.2. The van der Waals surface area contributed by atoms with Crippen LogP contribution in [0, 0.1) is 12.7 Å². The average molecular weight is 197 g/mol. The third kappa shape index (κ3) is 2.30. The first kappa shape index (κ1) is 11.1. The standard InChI is InChI=1S/C11H16FNO/c1-3-10(14)11(13)9-6-8(12)5-4-7(9)2/h4-6,10-11,14H,3,13H2,1-2H3/t10-,11+/m1/s1. The van der Waals surface area contributed by atoms with Crippen molar-refractivity contribution in [3.05, 3.63) is 35.1 Å². The number of aliphatic hydroxyl groups is 1. The highest BCUT2D eigenvalue weighted by Gasteiger charge is 2.17. The molecule has 0 saturated heterocycles. The van der Waals surface area contributed by atoms with Crippen molar-refractivity contribution in [2.45, 2.75) is 32.4 Å². The zero-order chi connectivity index (χ0) is 10.7. The molecule has 0 bridgehead atoms. The molecule has 0 aliphatic carbocycles. The second-order valence-corrected chi connectivity index (χ2v) is 3.50. The van der Waals surface area contributed by atoms with Crippen molar-refractivity contribution in [1.82, 2.24) is 0 Å². The summed E-state index contributed by atoms with van der Waals surface area (Å²) in [6.07, 6.45) is -0.0487. The maximum atomic E-state index is 12.9. The van der Waals surface area contributed by atoms with E-state index < -0.39 is 12.1 Å². The highest BCUT2D eigenvalue weighted by atomic mass is 19.1. The van der Waals surface area contributed by atoms with Crippen LogP contribution in [0.15, 0.2) is 18.2 Å². The zero-order valence-corrected chi connectivity index (χ0v) is 8.50. The highest BCUT2D eigenvalue weighted by Crippen LogP contribution is 2.21. The smallest absolute Gasteiger partial charge is 0.123 e. The predicted octanol–water partition coefficient (Wildman–Crippen LogP) is 1.90. The minimum absolute atomic E-state index is 0.315. The number of hydrogen-bond acceptors (Lipinski definition) is 2. The molecule has 0 fully saturated rings. The van der Waals surface area contributed by atoms with E-state index in [9.17, 15) is 9.50 Å². The van der Waals surface area contributed by atoms with Crippen LogP contribution in [0.1, 0.15) is 30.5 Å². The van der Waals surface area contributed by atoms with Gasteiger partial charge in [0.1, 0.15) is 5.82 Å². The Hall–Kier alpha value is -0.930. The second-order valence-electron chi connectivity index (χ2n) is 3.50. The molecule has 0 spiro atoms. The van der Waals surface area contributed by atoms with Crippen molar-refractivity contribution in [2.75, 3.05) is 0 Å². The summed E-state index contributed by atoms with van der Waals surface area (Å²) >= 11 is 0. The van der Waals surface area contributed by atoms with Gasteiger partial charge in [-0.1, -0.05) is 13.0 Å². The molecule has 0 aliphatic heterocycles. The highest BCUT2D eigenvalue weighted by molar-refractivity contribution is 5.30. The van der Waals surface area contributed by atoms with Crippen LogP contribution in [0.4, 0.5) is 4.39 Å². The fourth-order valence-corrected chi connectivity index (χ4v) is 1.43. The zero-order valence-electron chi connectivity index (χ0n) is 8.50. The van der Waals surface area contributed by atoms with Gasteiger partial charge in [-0.15, -0.1) is 0 Å². The van der Waals surface area contributed by atoms with E-state index in [0.29, 0.717) is 12.0 Å². The van der Waals surface area contributed by atoms with Gasteiger partial charge in [0.25, 0.3) is 0 Å². The maximum absolute atomic E-state index is 12.9. The van der Waals surface area contributed by atoms with Gasteiger partial charge in [0.05, 0.1) is 12.1 Å². The van der Waals surface area contributed by atoms with Gasteiger partial charge in [-0.2, -0.15) is 0 Å². The molecule has 0 unspecified atom stereocenters. The molecular weight excluding hydrogens is 181 g/mol. The van der Waals surface area contributed by atoms with Crippen LogP contribution in [-0.4, -0.2) is 11.2 Å². The summed E-state index contributed by atoms with van der Waals surface area (Å²) in [7, 11) is 0. The van der Waals surface area contributed by atoms with Crippen molar-refractivity contribution >= 4 is 0 Å². The molecule has 2 nitrogen and oxygen atoms in total. The van der Waals surface area contributed by atoms with E-state index in [4.69, 9.17) is 5.73 Å². The minimum atomic E-state index is -0.615. The van der Waals surface area contributed by atoms with E-state index in [1.807, 2.05) is 13.8 Å². The summed E-state index contributed by atoms with van der Waals surface area (Å²) in [4.78, 5) is 0. The topological polar surface area (TPSA) is 46.2 Å². The SMILES string of the molecule is CC[C@@H](O)[C@@H](N)c1cc(F)ccc1C. The van der Waals surface area contributed by atoms with Crippen LogP contribution in [-0.2, 0) is 0 Å². The van der Waals surface area contributed by atoms with Gasteiger partial charge in [0.15, 0.2) is 0 Å². The summed E-state index contributed by atoms with van der Waals surface area (Å²) < 4.78 is 12.9. The number of benzene rings is 1. The molecule has 78 valence electrons. The molecular formula is C11H16FNO. The van der Waals surface area contributed by atoms with Gasteiger partial charge < -0.3 is 10.8 Å². The van der Waals surface area contributed by atoms with Crippen LogP contribution in [0.3, 0.4) is 0 Å². The quantitative estimate of drug-likeness (QED) is 0.777. The van der Waals surface area contributed by atoms with Crippen molar-refractivity contribution in [3.63, 3.8) is 0 Å². The van der Waals surface area contributed by atoms with Crippen LogP contribution in [0.2, 0.25) is 0 Å². The second kappa shape index (κ2) is 4.53. The lowest BCUT2D eigenvalue weighted by Gasteiger charge is -2.19. The van der Waals surface area contributed by atoms with Gasteiger partial charge in [-0.05, 0) is 36.6 Å². The summed E-state index contributed by atoms with van der Waals surface area (Å²) in [5.74, 6) is -0.315. The van der Waals surface area contributed by atoms with E-state index in [0.717, 1.165) is 5.56 Å². The fourth-order valence-electron chi connectivity index (χ4n) is 1.43. The van der Waals surface area contributed by atoms with Gasteiger partial charge in [0.2, 0.25) is 0 Å². The summed E-state index contributed by atoms with van der Waals surface area (Å²) in [6.45, 7) is 3.70. The Balaban J connectivity index is 2.99. The molecule has 0 amide bonds. The van der Waals surface area contributed by atoms with E-state index in [1.165, 1.54) is 12.1 Å². The molecule has 1 aromatic rings. The van der Waals surface area contributed by atoms with E-state index >= 15 is 0 Å². The van der Waals surface area contributed by atoms with Gasteiger partial charge in [-0.3, -0.25) is 0 Å². The lowest BCUT2D eigenvalue weighted by atomic mass is 9.96. The summed E-state index contributed by atoms with van der Waals surface area (Å²) in [5, 5.41) is 9.55. The first-order chi connectivity index (χ1) is 6.56. The number of hydrogen-bond donors (Lipinski definition) is 2. The molecule has 0 heterocycles. The molecule has 1 rings (SSSR count). The number of aryl methyl sites for hydroxylation is 1. The molecule has 14 heavy (non-hydrogen) atoms. The number of rotatable bonds is 3. The minimum Gasteiger partial charge on any atom is -0.391 e. The van der Waals surface area contributed by atoms with Crippen molar-refractivity contribution in [2.24, 2.45) is 5.73 Å². The van der Waals surface area contributed by atoms with E-state index in [-0.39, 0.29) is 5.82 Å². The molecule has 0 saturated carbocycles. The van der Waals surface area contributed by atoms with Crippen LogP contribution in [0.5, 0.6) is 0 Å². The monoisotopic (exact) mass is 197 g/mol. The predicted molar refractivity (Wildman–Crippen MR) is 54.4 cm³/mol. The van der Waals surface area contributed by atoms with Gasteiger partial charge in [0, 0.05) is 0 Å². The molecule has 0 aliphatic rings. The lowest BCUT2D eigenvalue weighted by molar-refractivity contribution is 0.140. The molecule has 0 aromatic heterocycles. The third-order valence-corrected chi connectivity index (χ3v) is 2.43. The van der Waals surface area contributed by atoms with Gasteiger partial charge in [-0.25, -0.2) is 4.39 Å². The van der Waals surface area contributed by atoms with Gasteiger partial charge >= 0.3 is 0 Å². The van der Waals surface area contributed by atoms with Crippen LogP contribution in [0.25, 0.3) is 0 Å². The van der Waals surface area contributed by atoms with Crippen molar-refractivity contribution < 1.29 is 9.50 Å². The van der Waals surface area contributed by atoms with E-state index in [1.54, 1.807) is 6.07 Å². The largest absolute Gasteiger partial charge is 0.391 e. The Labute approximate surface area is 83.6 Å². The Morgan fingerprint density at radius 1 is 1.50 bits per heavy atom. The Morgan fingerprint density at radius 3 is 2.71 bits per heavy atom. The first-order valence-corrected chi connectivity index (χ1v) is 4.76. The molecule has 1 aromatic carbocycles. The molecule has 3 N–H and O–H groups in total. The Bertz CT molecular complexity index is 314. The van der Waals surface area contributed by atoms with Crippen molar-refractivity contribution in [1.29, 1.82) is 0 Å². The van der Waals surface area contributed by atoms with Crippen LogP contribution >= 0.6 is 0 Å². The summed E-state index contributed by atoms with van der Waals surface area (Å²) in [6, 6.07) is 3.95. The molecule has 0 radical (unpaired) electrons. The number of nitrogens with two attached hydrogens (primary N) is 1. The maximum Gasteiger partial charge on any atom is 0.123 e.